The first-order valence-corrected chi connectivity index (χ1v) is 13.0. The predicted molar refractivity (Wildman–Crippen MR) is 151 cm³/mol. The number of aryl methyl sites for hydroxylation is 1. The first-order chi connectivity index (χ1) is 19.6. The summed E-state index contributed by atoms with van der Waals surface area (Å²) in [5.41, 5.74) is 8.46. The third-order valence-electron chi connectivity index (χ3n) is 6.92. The van der Waals surface area contributed by atoms with E-state index in [0.29, 0.717) is 41.5 Å². The topological polar surface area (TPSA) is 115 Å². The van der Waals surface area contributed by atoms with E-state index in [0.717, 1.165) is 34.4 Å². The number of nitrogens with one attached hydrogen (secondary N) is 1. The number of rotatable bonds is 8. The van der Waals surface area contributed by atoms with Gasteiger partial charge in [0.2, 0.25) is 5.78 Å². The molecule has 3 aromatic carbocycles. The van der Waals surface area contributed by atoms with Gasteiger partial charge < -0.3 is 9.84 Å². The number of methoxy groups -OCH3 is 1. The Hall–Kier alpha value is -3.16. The zero-order chi connectivity index (χ0) is 27.6. The second-order valence-corrected chi connectivity index (χ2v) is 9.43. The number of hydrogen-bond donors (Lipinski definition) is 2. The van der Waals surface area contributed by atoms with Gasteiger partial charge in [0.25, 0.3) is 12.0 Å². The zero-order valence-electron chi connectivity index (χ0n) is 23.1. The van der Waals surface area contributed by atoms with Crippen molar-refractivity contribution >= 4 is 11.6 Å². The third-order valence-corrected chi connectivity index (χ3v) is 6.92. The van der Waals surface area contributed by atoms with E-state index in [1.165, 1.54) is 6.33 Å². The molecule has 1 aliphatic heterocycles. The number of aromatic nitrogens is 4. The van der Waals surface area contributed by atoms with Crippen LogP contribution < -0.4 is 67.2 Å². The summed E-state index contributed by atoms with van der Waals surface area (Å²) in [5.74, 6) is 1.59. The molecular weight excluding hydrogens is 547 g/mol. The van der Waals surface area contributed by atoms with Crippen LogP contribution in [0.3, 0.4) is 0 Å². The van der Waals surface area contributed by atoms with E-state index >= 15 is 0 Å². The molecule has 1 atom stereocenters. The van der Waals surface area contributed by atoms with Gasteiger partial charge in [-0.05, 0) is 35.2 Å². The summed E-state index contributed by atoms with van der Waals surface area (Å²) in [6.45, 7) is 2.08. The smallest absolute Gasteiger partial charge is 0.497 e. The van der Waals surface area contributed by atoms with Crippen LogP contribution in [0, 0.1) is 0 Å². The molecule has 202 valence electrons. The maximum absolute atomic E-state index is 14.1. The van der Waals surface area contributed by atoms with Crippen molar-refractivity contribution in [3.63, 3.8) is 0 Å². The minimum Gasteiger partial charge on any atom is -0.497 e. The van der Waals surface area contributed by atoms with Gasteiger partial charge in [0.15, 0.2) is 5.84 Å². The Kier molecular flexibility index (Phi) is 9.14. The largest absolute Gasteiger partial charge is 1.00 e. The number of amidine groups is 1. The fourth-order valence-electron chi connectivity index (χ4n) is 5.05. The first-order valence-electron chi connectivity index (χ1n) is 13.0. The molecule has 0 saturated heterocycles. The number of aliphatic hydroxyl groups is 1. The van der Waals surface area contributed by atoms with E-state index in [1.54, 1.807) is 16.2 Å². The van der Waals surface area contributed by atoms with Crippen LogP contribution in [0.2, 0.25) is 0 Å². The fourth-order valence-corrected chi connectivity index (χ4v) is 5.05. The average Bonchev–Trinajstić information content (AvgIpc) is 3.65. The van der Waals surface area contributed by atoms with Gasteiger partial charge in [-0.2, -0.15) is 10.1 Å². The van der Waals surface area contributed by atoms with Gasteiger partial charge >= 0.3 is 51.4 Å². The van der Waals surface area contributed by atoms with Crippen LogP contribution in [0.5, 0.6) is 5.75 Å². The molecule has 0 saturated carbocycles. The van der Waals surface area contributed by atoms with Gasteiger partial charge in [-0.1, -0.05) is 67.9 Å². The summed E-state index contributed by atoms with van der Waals surface area (Å²) in [7, 11) is 1.60. The minimum atomic E-state index is -1.23. The molecule has 11 heteroatoms. The van der Waals surface area contributed by atoms with Crippen molar-refractivity contribution in [1.29, 1.82) is 0 Å². The molecule has 10 nitrogen and oxygen atoms in total. The van der Waals surface area contributed by atoms with Crippen molar-refractivity contribution < 1.29 is 66.1 Å². The van der Waals surface area contributed by atoms with Crippen molar-refractivity contribution in [2.75, 3.05) is 7.11 Å². The molecule has 5 aromatic rings. The molecular formula is C30H28KN6O4+. The molecule has 0 amide bonds. The molecule has 0 radical (unpaired) electrons. The van der Waals surface area contributed by atoms with Crippen molar-refractivity contribution in [1.82, 2.24) is 24.6 Å². The molecule has 2 aromatic heterocycles. The number of nitrogens with zero attached hydrogens (tertiary/aromatic N) is 5. The van der Waals surface area contributed by atoms with E-state index in [-0.39, 0.29) is 56.9 Å². The van der Waals surface area contributed by atoms with Crippen LogP contribution in [0.15, 0.2) is 88.9 Å². The van der Waals surface area contributed by atoms with E-state index in [4.69, 9.17) is 9.57 Å². The Labute approximate surface area is 279 Å². The van der Waals surface area contributed by atoms with Gasteiger partial charge in [-0.25, -0.2) is 24.4 Å². The molecule has 2 N–H and O–H groups in total. The summed E-state index contributed by atoms with van der Waals surface area (Å²) in [4.78, 5) is 27.6. The summed E-state index contributed by atoms with van der Waals surface area (Å²) < 4.78 is 8.77. The van der Waals surface area contributed by atoms with Crippen LogP contribution >= 0.6 is 0 Å². The van der Waals surface area contributed by atoms with Gasteiger partial charge in [0.05, 0.1) is 18.5 Å². The summed E-state index contributed by atoms with van der Waals surface area (Å²) in [6.07, 6.45) is 2.23. The molecule has 0 bridgehead atoms. The number of hydroxylamine groups is 1. The Morgan fingerprint density at radius 2 is 1.83 bits per heavy atom. The number of ether oxygens (including phenoxy) is 1. The number of aliphatic imine (C=N–C) groups is 1. The standard InChI is InChI=1S/C30H28N6O4.K/c1-3-7-26-25(28(37)35(29-31-18-32-36(26)29)21-8-6-9-22(17-21)39-2)16-19-12-14-20(15-13-19)23-10-4-5-11-24(23)27-33-30(38)40-34-27;/h4-6,8-15,17-18,30,38H,3,7,16H2,1-2H3,(H,33,34);/q;+1. The predicted octanol–water partition coefficient (Wildman–Crippen LogP) is 0.660. The molecule has 6 rings (SSSR count). The van der Waals surface area contributed by atoms with Gasteiger partial charge in [-0.15, -0.1) is 0 Å². The number of fused-ring (bicyclic) bond motifs is 1. The van der Waals surface area contributed by atoms with Gasteiger partial charge in [-0.3, -0.25) is 4.79 Å². The molecule has 0 spiro atoms. The van der Waals surface area contributed by atoms with Crippen LogP contribution in [0.25, 0.3) is 22.6 Å². The maximum atomic E-state index is 14.1. The summed E-state index contributed by atoms with van der Waals surface area (Å²) in [6, 6.07) is 23.2. The normalized spacial score (nSPS) is 14.4. The van der Waals surface area contributed by atoms with Gasteiger partial charge in [0, 0.05) is 23.6 Å². The van der Waals surface area contributed by atoms with Crippen molar-refractivity contribution in [2.45, 2.75) is 32.6 Å². The Morgan fingerprint density at radius 3 is 2.54 bits per heavy atom. The SMILES string of the molecule is CCCc1c(Cc2ccc(-c3ccccc3C3=NC(O)ON3)cc2)c(=O)n(-c2cccc(OC)c2)c2ncnn12.[K+]. The summed E-state index contributed by atoms with van der Waals surface area (Å²) >= 11 is 0. The summed E-state index contributed by atoms with van der Waals surface area (Å²) in [5, 5.41) is 14.1. The van der Waals surface area contributed by atoms with Crippen molar-refractivity contribution in [2.24, 2.45) is 4.99 Å². The molecule has 3 heterocycles. The fraction of sp³-hybridized carbons (Fsp3) is 0.200. The van der Waals surface area contributed by atoms with E-state index in [1.807, 2.05) is 72.8 Å². The quantitative estimate of drug-likeness (QED) is 0.261. The second-order valence-electron chi connectivity index (χ2n) is 9.43. The minimum absolute atomic E-state index is 0. The molecule has 41 heavy (non-hydrogen) atoms. The number of benzene rings is 3. The van der Waals surface area contributed by atoms with Crippen LogP contribution in [-0.4, -0.2) is 43.6 Å². The van der Waals surface area contributed by atoms with Crippen molar-refractivity contribution in [3.05, 3.63) is 112 Å². The molecule has 1 aliphatic rings. The van der Waals surface area contributed by atoms with Crippen LogP contribution in [0.4, 0.5) is 0 Å². The van der Waals surface area contributed by atoms with Crippen LogP contribution in [-0.2, 0) is 17.7 Å². The zero-order valence-corrected chi connectivity index (χ0v) is 26.2. The molecule has 0 fully saturated rings. The Balaban J connectivity index is 0.00000337. The Bertz CT molecular complexity index is 1780. The number of aliphatic hydroxyl groups excluding tert-OH is 1. The van der Waals surface area contributed by atoms with Gasteiger partial charge in [0.1, 0.15) is 12.1 Å². The second kappa shape index (κ2) is 12.8. The maximum Gasteiger partial charge on any atom is 1.00 e. The van der Waals surface area contributed by atoms with E-state index in [9.17, 15) is 9.90 Å². The van der Waals surface area contributed by atoms with E-state index in [2.05, 4.69) is 27.5 Å². The first kappa shape index (κ1) is 29.3. The van der Waals surface area contributed by atoms with Crippen molar-refractivity contribution in [3.8, 4) is 22.6 Å². The average molecular weight is 576 g/mol. The molecule has 0 aliphatic carbocycles. The monoisotopic (exact) mass is 575 g/mol. The third kappa shape index (κ3) is 5.79. The van der Waals surface area contributed by atoms with E-state index < -0.39 is 6.41 Å². The number of hydrogen-bond acceptors (Lipinski definition) is 8. The molecule has 1 unspecified atom stereocenters. The van der Waals surface area contributed by atoms with Crippen LogP contribution in [0.1, 0.15) is 35.7 Å². The Morgan fingerprint density at radius 1 is 1.05 bits per heavy atom.